The van der Waals surface area contributed by atoms with Crippen LogP contribution in [-0.2, 0) is 15.1 Å². The molecule has 0 fully saturated rings. The van der Waals surface area contributed by atoms with Gasteiger partial charge in [-0.3, -0.25) is 4.79 Å². The number of benzene rings is 1. The minimum Gasteiger partial charge on any atom is -0.507 e. The zero-order valence-electron chi connectivity index (χ0n) is 11.5. The maximum atomic E-state index is 11.6. The molecule has 6 nitrogen and oxygen atoms in total. The maximum absolute atomic E-state index is 11.6. The number of carbonyl (C=O) groups excluding carboxylic acids is 1. The summed E-state index contributed by atoms with van der Waals surface area (Å²) in [7, 11) is -1.17. The molecule has 0 bridgehead atoms. The van der Waals surface area contributed by atoms with Crippen molar-refractivity contribution in [2.75, 3.05) is 14.1 Å². The van der Waals surface area contributed by atoms with Gasteiger partial charge in [0.05, 0.1) is 0 Å². The lowest BCUT2D eigenvalue weighted by molar-refractivity contribution is -0.114. The number of carbonyl (C=O) groups is 1. The van der Waals surface area contributed by atoms with Crippen LogP contribution in [0, 0.1) is 0 Å². The molecule has 1 aromatic carbocycles. The fraction of sp³-hybridized carbons (Fsp3) is 0.308. The van der Waals surface area contributed by atoms with Crippen LogP contribution in [0.3, 0.4) is 0 Å². The number of aromatic hydroxyl groups is 1. The first-order valence-electron chi connectivity index (χ1n) is 5.92. The molecule has 0 radical (unpaired) electrons. The third kappa shape index (κ3) is 4.36. The summed E-state index contributed by atoms with van der Waals surface area (Å²) in [5.74, 6) is -0.114. The third-order valence-corrected chi connectivity index (χ3v) is 3.74. The summed E-state index contributed by atoms with van der Waals surface area (Å²) in [6.07, 6.45) is 3.08. The van der Waals surface area contributed by atoms with Crippen LogP contribution in [0.25, 0.3) is 6.08 Å². The van der Waals surface area contributed by atoms with E-state index in [0.717, 1.165) is 4.31 Å². The maximum Gasteiger partial charge on any atom is 0.384 e. The number of ketones is 1. The van der Waals surface area contributed by atoms with E-state index in [2.05, 4.69) is 0 Å². The highest BCUT2D eigenvalue weighted by atomic mass is 32.2. The monoisotopic (exact) mass is 299 g/mol. The van der Waals surface area contributed by atoms with Gasteiger partial charge in [-0.2, -0.15) is 12.7 Å². The Balaban J connectivity index is 3.03. The fourth-order valence-electron chi connectivity index (χ4n) is 1.21. The van der Waals surface area contributed by atoms with E-state index in [0.29, 0.717) is 12.0 Å². The average Bonchev–Trinajstić information content (AvgIpc) is 2.38. The minimum atomic E-state index is -3.86. The van der Waals surface area contributed by atoms with Crippen molar-refractivity contribution in [3.8, 4) is 11.5 Å². The first-order valence-corrected chi connectivity index (χ1v) is 7.28. The van der Waals surface area contributed by atoms with Crippen LogP contribution in [0.4, 0.5) is 0 Å². The van der Waals surface area contributed by atoms with Gasteiger partial charge >= 0.3 is 10.3 Å². The number of allylic oxidation sites excluding steroid dienone is 1. The Hall–Kier alpha value is -1.86. The molecular weight excluding hydrogens is 282 g/mol. The number of phenols is 1. The Morgan fingerprint density at radius 3 is 2.60 bits per heavy atom. The summed E-state index contributed by atoms with van der Waals surface area (Å²) in [5.41, 5.74) is 0.304. The largest absolute Gasteiger partial charge is 0.507 e. The summed E-state index contributed by atoms with van der Waals surface area (Å²) in [6, 6.07) is 3.97. The Morgan fingerprint density at radius 2 is 2.05 bits per heavy atom. The molecule has 0 amide bonds. The van der Waals surface area contributed by atoms with Crippen molar-refractivity contribution in [2.24, 2.45) is 0 Å². The molecule has 1 rings (SSSR count). The molecule has 0 aliphatic rings. The molecule has 1 aromatic rings. The van der Waals surface area contributed by atoms with E-state index in [-0.39, 0.29) is 17.3 Å². The lowest BCUT2D eigenvalue weighted by atomic mass is 10.1. The molecule has 7 heteroatoms. The second-order valence-electron chi connectivity index (χ2n) is 4.20. The number of hydrogen-bond donors (Lipinski definition) is 1. The Bertz CT molecular complexity index is 620. The van der Waals surface area contributed by atoms with Crippen molar-refractivity contribution >= 4 is 22.2 Å². The zero-order chi connectivity index (χ0) is 15.3. The molecule has 0 unspecified atom stereocenters. The minimum absolute atomic E-state index is 0.0556. The van der Waals surface area contributed by atoms with Gasteiger partial charge in [0, 0.05) is 26.1 Å². The number of nitrogens with zero attached hydrogens (tertiary/aromatic N) is 1. The SMILES string of the molecule is CCC(=O)C=Cc1cc(OS(=O)(=O)N(C)C)ccc1O. The predicted octanol–water partition coefficient (Wildman–Crippen LogP) is 1.57. The van der Waals surface area contributed by atoms with Crippen LogP contribution in [0.1, 0.15) is 18.9 Å². The quantitative estimate of drug-likeness (QED) is 0.806. The fourth-order valence-corrected chi connectivity index (χ4v) is 1.71. The summed E-state index contributed by atoms with van der Waals surface area (Å²) < 4.78 is 28.9. The molecule has 0 saturated heterocycles. The number of rotatable bonds is 6. The summed E-state index contributed by atoms with van der Waals surface area (Å²) in [4.78, 5) is 11.2. The van der Waals surface area contributed by atoms with Gasteiger partial charge in [-0.25, -0.2) is 0 Å². The third-order valence-electron chi connectivity index (χ3n) is 2.44. The molecule has 0 spiro atoms. The van der Waals surface area contributed by atoms with E-state index in [9.17, 15) is 18.3 Å². The van der Waals surface area contributed by atoms with Crippen molar-refractivity contribution in [1.82, 2.24) is 4.31 Å². The van der Waals surface area contributed by atoms with Crippen LogP contribution < -0.4 is 4.18 Å². The predicted molar refractivity (Wildman–Crippen MR) is 75.7 cm³/mol. The highest BCUT2D eigenvalue weighted by Crippen LogP contribution is 2.25. The van der Waals surface area contributed by atoms with Crippen molar-refractivity contribution in [1.29, 1.82) is 0 Å². The second-order valence-corrected chi connectivity index (χ2v) is 5.95. The smallest absolute Gasteiger partial charge is 0.384 e. The first-order chi connectivity index (χ1) is 9.26. The Morgan fingerprint density at radius 1 is 1.40 bits per heavy atom. The highest BCUT2D eigenvalue weighted by Gasteiger charge is 2.16. The van der Waals surface area contributed by atoms with Gasteiger partial charge in [0.25, 0.3) is 0 Å². The van der Waals surface area contributed by atoms with Gasteiger partial charge in [-0.1, -0.05) is 6.92 Å². The van der Waals surface area contributed by atoms with Crippen molar-refractivity contribution < 1.29 is 22.5 Å². The van der Waals surface area contributed by atoms with E-state index < -0.39 is 10.3 Å². The molecule has 0 saturated carbocycles. The van der Waals surface area contributed by atoms with Gasteiger partial charge in [0.2, 0.25) is 0 Å². The normalized spacial score (nSPS) is 12.0. The van der Waals surface area contributed by atoms with Gasteiger partial charge < -0.3 is 9.29 Å². The van der Waals surface area contributed by atoms with Crippen LogP contribution in [0.15, 0.2) is 24.3 Å². The molecule has 0 aromatic heterocycles. The van der Waals surface area contributed by atoms with E-state index >= 15 is 0 Å². The molecule has 0 heterocycles. The molecular formula is C13H17NO5S. The lowest BCUT2D eigenvalue weighted by Gasteiger charge is -2.12. The summed E-state index contributed by atoms with van der Waals surface area (Å²) >= 11 is 0. The standard InChI is InChI=1S/C13H17NO5S/c1-4-11(15)6-5-10-9-12(7-8-13(10)16)19-20(17,18)14(2)3/h5-9,16H,4H2,1-3H3. The second kappa shape index (κ2) is 6.53. The summed E-state index contributed by atoms with van der Waals surface area (Å²) in [6.45, 7) is 1.72. The molecule has 0 aliphatic heterocycles. The van der Waals surface area contributed by atoms with E-state index in [1.807, 2.05) is 0 Å². The number of hydrogen-bond acceptors (Lipinski definition) is 5. The van der Waals surface area contributed by atoms with E-state index in [4.69, 9.17) is 4.18 Å². The summed E-state index contributed by atoms with van der Waals surface area (Å²) in [5, 5.41) is 9.65. The molecule has 1 N–H and O–H groups in total. The zero-order valence-corrected chi connectivity index (χ0v) is 12.3. The van der Waals surface area contributed by atoms with Gasteiger partial charge in [-0.05, 0) is 30.4 Å². The molecule has 0 atom stereocenters. The molecule has 20 heavy (non-hydrogen) atoms. The topological polar surface area (TPSA) is 83.9 Å². The van der Waals surface area contributed by atoms with Gasteiger partial charge in [-0.15, -0.1) is 0 Å². The van der Waals surface area contributed by atoms with Gasteiger partial charge in [0.15, 0.2) is 5.78 Å². The van der Waals surface area contributed by atoms with Crippen LogP contribution in [0.2, 0.25) is 0 Å². The van der Waals surface area contributed by atoms with Crippen LogP contribution in [0.5, 0.6) is 11.5 Å². The van der Waals surface area contributed by atoms with Crippen molar-refractivity contribution in [3.05, 3.63) is 29.8 Å². The van der Waals surface area contributed by atoms with Crippen LogP contribution in [-0.4, -0.2) is 37.7 Å². The van der Waals surface area contributed by atoms with Crippen LogP contribution >= 0.6 is 0 Å². The van der Waals surface area contributed by atoms with Crippen molar-refractivity contribution in [2.45, 2.75) is 13.3 Å². The number of phenolic OH excluding ortho intramolecular Hbond substituents is 1. The average molecular weight is 299 g/mol. The lowest BCUT2D eigenvalue weighted by Crippen LogP contribution is -2.27. The van der Waals surface area contributed by atoms with E-state index in [1.165, 1.54) is 44.4 Å². The Kier molecular flexibility index (Phi) is 5.29. The van der Waals surface area contributed by atoms with Gasteiger partial charge in [0.1, 0.15) is 11.5 Å². The highest BCUT2D eigenvalue weighted by molar-refractivity contribution is 7.84. The van der Waals surface area contributed by atoms with E-state index in [1.54, 1.807) is 6.92 Å². The molecule has 110 valence electrons. The molecule has 0 aliphatic carbocycles. The Labute approximate surface area is 118 Å². The first kappa shape index (κ1) is 16.2. The van der Waals surface area contributed by atoms with Crippen molar-refractivity contribution in [3.63, 3.8) is 0 Å².